The highest BCUT2D eigenvalue weighted by Gasteiger charge is 2.29. The summed E-state index contributed by atoms with van der Waals surface area (Å²) < 4.78 is 31.2. The summed E-state index contributed by atoms with van der Waals surface area (Å²) in [5.41, 5.74) is 0.440. The number of aromatic nitrogens is 1. The van der Waals surface area contributed by atoms with Crippen molar-refractivity contribution in [2.24, 2.45) is 10.9 Å². The van der Waals surface area contributed by atoms with Crippen LogP contribution in [0, 0.1) is 5.92 Å². The first kappa shape index (κ1) is 21.4. The van der Waals surface area contributed by atoms with Crippen molar-refractivity contribution in [3.8, 4) is 0 Å². The van der Waals surface area contributed by atoms with Gasteiger partial charge in [-0.3, -0.25) is 4.99 Å². The predicted molar refractivity (Wildman–Crippen MR) is 111 cm³/mol. The summed E-state index contributed by atoms with van der Waals surface area (Å²) in [4.78, 5) is 6.46. The number of hydrogen-bond donors (Lipinski definition) is 1. The van der Waals surface area contributed by atoms with E-state index in [0.717, 1.165) is 24.8 Å². The molecule has 2 fully saturated rings. The second kappa shape index (κ2) is 9.88. The van der Waals surface area contributed by atoms with E-state index < -0.39 is 10.0 Å². The molecule has 1 aliphatic heterocycles. The maximum atomic E-state index is 12.5. The maximum Gasteiger partial charge on any atom is 0.220 e. The van der Waals surface area contributed by atoms with E-state index in [2.05, 4.69) is 20.4 Å². The Labute approximate surface area is 172 Å². The summed E-state index contributed by atoms with van der Waals surface area (Å²) in [6.07, 6.45) is 6.62. The molecule has 1 aromatic heterocycles. The van der Waals surface area contributed by atoms with Crippen molar-refractivity contribution in [1.29, 1.82) is 0 Å². The Balaban J connectivity index is 0.00000243. The molecule has 1 saturated carbocycles. The van der Waals surface area contributed by atoms with Gasteiger partial charge in [-0.05, 0) is 18.8 Å². The van der Waals surface area contributed by atoms with Gasteiger partial charge in [-0.1, -0.05) is 18.0 Å². The Morgan fingerprint density at radius 3 is 2.65 bits per heavy atom. The number of piperazine rings is 1. The number of aliphatic imine (C=N–C) groups is 1. The molecule has 10 heteroatoms. The normalized spacial score (nSPS) is 19.3. The van der Waals surface area contributed by atoms with Crippen LogP contribution in [0.25, 0.3) is 0 Å². The van der Waals surface area contributed by atoms with Crippen LogP contribution in [0.2, 0.25) is 0 Å². The van der Waals surface area contributed by atoms with Crippen LogP contribution in [0.5, 0.6) is 0 Å². The number of guanidine groups is 1. The fourth-order valence-corrected chi connectivity index (χ4v) is 4.52. The summed E-state index contributed by atoms with van der Waals surface area (Å²) in [6.45, 7) is 3.13. The Hall–Kier alpha value is -0.880. The summed E-state index contributed by atoms with van der Waals surface area (Å²) >= 11 is 0. The minimum Gasteiger partial charge on any atom is -0.364 e. The highest BCUT2D eigenvalue weighted by molar-refractivity contribution is 14.0. The molecule has 148 valence electrons. The molecule has 0 aromatic carbocycles. The smallest absolute Gasteiger partial charge is 0.220 e. The third kappa shape index (κ3) is 6.08. The fourth-order valence-electron chi connectivity index (χ4n) is 3.10. The molecule has 0 bridgehead atoms. The summed E-state index contributed by atoms with van der Waals surface area (Å²) in [5.74, 6) is 1.70. The average Bonchev–Trinajstić information content (AvgIpc) is 3.30. The van der Waals surface area contributed by atoms with Gasteiger partial charge in [0.1, 0.15) is 12.0 Å². The van der Waals surface area contributed by atoms with Crippen LogP contribution in [-0.4, -0.2) is 68.5 Å². The van der Waals surface area contributed by atoms with E-state index in [1.807, 2.05) is 0 Å². The lowest BCUT2D eigenvalue weighted by molar-refractivity contribution is 0.259. The molecule has 26 heavy (non-hydrogen) atoms. The Bertz CT molecular complexity index is 668. The minimum atomic E-state index is -3.36. The van der Waals surface area contributed by atoms with Gasteiger partial charge in [0.05, 0.1) is 5.69 Å². The van der Waals surface area contributed by atoms with Gasteiger partial charge < -0.3 is 14.7 Å². The summed E-state index contributed by atoms with van der Waals surface area (Å²) in [5, 5.41) is 7.09. The van der Waals surface area contributed by atoms with Crippen LogP contribution in [-0.2, 0) is 15.8 Å². The third-order valence-corrected chi connectivity index (χ3v) is 6.55. The minimum absolute atomic E-state index is 0. The second-order valence-electron chi connectivity index (χ2n) is 6.69. The van der Waals surface area contributed by atoms with Crippen molar-refractivity contribution in [3.05, 3.63) is 18.0 Å². The molecule has 1 aliphatic carbocycles. The van der Waals surface area contributed by atoms with Crippen molar-refractivity contribution in [2.75, 3.05) is 39.8 Å². The van der Waals surface area contributed by atoms with Crippen LogP contribution in [0.15, 0.2) is 21.8 Å². The Kier molecular flexibility index (Phi) is 8.14. The van der Waals surface area contributed by atoms with Crippen molar-refractivity contribution in [1.82, 2.24) is 19.7 Å². The average molecular weight is 497 g/mol. The maximum absolute atomic E-state index is 12.5. The SMILES string of the molecule is CN=C(NCCCC1CC1)N1CCN(S(=O)(=O)Cc2ccon2)CC1.I. The molecule has 0 amide bonds. The number of hydrogen-bond acceptors (Lipinski definition) is 5. The van der Waals surface area contributed by atoms with Gasteiger partial charge in [-0.2, -0.15) is 4.31 Å². The molecule has 8 nitrogen and oxygen atoms in total. The molecule has 1 N–H and O–H groups in total. The highest BCUT2D eigenvalue weighted by Crippen LogP contribution is 2.33. The van der Waals surface area contributed by atoms with Crippen LogP contribution >= 0.6 is 24.0 Å². The largest absolute Gasteiger partial charge is 0.364 e. The number of nitrogens with zero attached hydrogens (tertiary/aromatic N) is 4. The van der Waals surface area contributed by atoms with E-state index in [1.54, 1.807) is 13.1 Å². The van der Waals surface area contributed by atoms with Crippen LogP contribution in [0.1, 0.15) is 31.4 Å². The molecule has 1 aromatic rings. The fraction of sp³-hybridized carbons (Fsp3) is 0.750. The monoisotopic (exact) mass is 497 g/mol. The number of halogens is 1. The van der Waals surface area contributed by atoms with Crippen molar-refractivity contribution in [3.63, 3.8) is 0 Å². The lowest BCUT2D eigenvalue weighted by atomic mass is 10.2. The molecule has 0 radical (unpaired) electrons. The van der Waals surface area contributed by atoms with E-state index in [0.29, 0.717) is 31.9 Å². The van der Waals surface area contributed by atoms with E-state index in [-0.39, 0.29) is 29.7 Å². The molecule has 2 aliphatic rings. The number of rotatable bonds is 7. The molecule has 2 heterocycles. The lowest BCUT2D eigenvalue weighted by Crippen LogP contribution is -2.54. The molecular formula is C16H28IN5O3S. The standard InChI is InChI=1S/C16H27N5O3S.HI/c1-17-16(18-7-2-3-14-4-5-14)20-8-10-21(11-9-20)25(22,23)13-15-6-12-24-19-15;/h6,12,14H,2-5,7-11,13H2,1H3,(H,17,18);1H. The van der Waals surface area contributed by atoms with Gasteiger partial charge in [-0.15, -0.1) is 24.0 Å². The zero-order chi connectivity index (χ0) is 17.7. The van der Waals surface area contributed by atoms with E-state index in [1.165, 1.54) is 29.8 Å². The summed E-state index contributed by atoms with van der Waals surface area (Å²) in [6, 6.07) is 1.58. The molecule has 3 rings (SSSR count). The van der Waals surface area contributed by atoms with Gasteiger partial charge in [0.15, 0.2) is 5.96 Å². The molecule has 0 spiro atoms. The van der Waals surface area contributed by atoms with Crippen LogP contribution < -0.4 is 5.32 Å². The second-order valence-corrected chi connectivity index (χ2v) is 8.66. The van der Waals surface area contributed by atoms with Gasteiger partial charge in [0.25, 0.3) is 0 Å². The van der Waals surface area contributed by atoms with E-state index in [9.17, 15) is 8.42 Å². The molecule has 0 atom stereocenters. The van der Waals surface area contributed by atoms with Gasteiger partial charge >= 0.3 is 0 Å². The van der Waals surface area contributed by atoms with Crippen LogP contribution in [0.4, 0.5) is 0 Å². The zero-order valence-electron chi connectivity index (χ0n) is 15.1. The quantitative estimate of drug-likeness (QED) is 0.266. The first-order valence-electron chi connectivity index (χ1n) is 8.91. The Morgan fingerprint density at radius 2 is 2.08 bits per heavy atom. The lowest BCUT2D eigenvalue weighted by Gasteiger charge is -2.35. The van der Waals surface area contributed by atoms with Crippen molar-refractivity contribution in [2.45, 2.75) is 31.4 Å². The Morgan fingerprint density at radius 1 is 1.35 bits per heavy atom. The zero-order valence-corrected chi connectivity index (χ0v) is 18.3. The topological polar surface area (TPSA) is 91.0 Å². The van der Waals surface area contributed by atoms with Crippen molar-refractivity contribution < 1.29 is 12.9 Å². The molecular weight excluding hydrogens is 469 g/mol. The predicted octanol–water partition coefficient (Wildman–Crippen LogP) is 1.51. The number of sulfonamides is 1. The first-order valence-corrected chi connectivity index (χ1v) is 10.5. The van der Waals surface area contributed by atoms with Gasteiger partial charge in [-0.25, -0.2) is 8.42 Å². The van der Waals surface area contributed by atoms with E-state index in [4.69, 9.17) is 4.52 Å². The van der Waals surface area contributed by atoms with Crippen molar-refractivity contribution >= 4 is 40.0 Å². The molecule has 0 unspecified atom stereocenters. The van der Waals surface area contributed by atoms with Gasteiger partial charge in [0.2, 0.25) is 10.0 Å². The van der Waals surface area contributed by atoms with Gasteiger partial charge in [0, 0.05) is 45.8 Å². The number of nitrogens with one attached hydrogen (secondary N) is 1. The highest BCUT2D eigenvalue weighted by atomic mass is 127. The first-order chi connectivity index (χ1) is 12.1. The van der Waals surface area contributed by atoms with Crippen LogP contribution in [0.3, 0.4) is 0 Å². The molecule has 1 saturated heterocycles. The summed E-state index contributed by atoms with van der Waals surface area (Å²) in [7, 11) is -1.59. The third-order valence-electron chi connectivity index (χ3n) is 4.73. The van der Waals surface area contributed by atoms with E-state index >= 15 is 0 Å².